The summed E-state index contributed by atoms with van der Waals surface area (Å²) < 4.78 is 11.3. The minimum Gasteiger partial charge on any atom is -0.465 e. The van der Waals surface area contributed by atoms with E-state index in [1.807, 2.05) is 50.2 Å². The maximum Gasteiger partial charge on any atom is 0.251 e. The Morgan fingerprint density at radius 2 is 1.92 bits per heavy atom. The maximum absolute atomic E-state index is 12.5. The third-order valence-corrected chi connectivity index (χ3v) is 4.42. The van der Waals surface area contributed by atoms with E-state index in [1.54, 1.807) is 0 Å². The fraction of sp³-hybridized carbons (Fsp3) is 0.421. The first-order valence-electron chi connectivity index (χ1n) is 8.37. The monoisotopic (exact) mass is 328 g/mol. The van der Waals surface area contributed by atoms with Crippen molar-refractivity contribution in [1.82, 2.24) is 10.2 Å². The van der Waals surface area contributed by atoms with Crippen LogP contribution in [0, 0.1) is 13.8 Å². The van der Waals surface area contributed by atoms with Crippen LogP contribution in [0.5, 0.6) is 0 Å². The summed E-state index contributed by atoms with van der Waals surface area (Å²) in [6.07, 6.45) is 0. The number of ether oxygens (including phenoxy) is 1. The van der Waals surface area contributed by atoms with Crippen LogP contribution in [-0.4, -0.2) is 43.7 Å². The topological polar surface area (TPSA) is 54.7 Å². The molecule has 0 bridgehead atoms. The number of hydrogen-bond donors (Lipinski definition) is 1. The van der Waals surface area contributed by atoms with Gasteiger partial charge in [0.2, 0.25) is 0 Å². The highest BCUT2D eigenvalue weighted by Crippen LogP contribution is 2.23. The van der Waals surface area contributed by atoms with Crippen molar-refractivity contribution in [3.8, 4) is 0 Å². The quantitative estimate of drug-likeness (QED) is 0.917. The molecule has 1 aliphatic rings. The van der Waals surface area contributed by atoms with E-state index in [-0.39, 0.29) is 11.9 Å². The number of rotatable bonds is 5. The van der Waals surface area contributed by atoms with Crippen molar-refractivity contribution < 1.29 is 13.9 Å². The summed E-state index contributed by atoms with van der Waals surface area (Å²) in [5.41, 5.74) is 1.70. The Bertz CT molecular complexity index is 689. The molecule has 1 fully saturated rings. The molecule has 2 aromatic rings. The van der Waals surface area contributed by atoms with E-state index in [9.17, 15) is 4.79 Å². The lowest BCUT2D eigenvalue weighted by molar-refractivity contribution is 0.0117. The molecule has 0 aliphatic carbocycles. The fourth-order valence-electron chi connectivity index (χ4n) is 3.04. The SMILES string of the molecule is Cc1ccc(C(CNC(=O)c2ccccc2C)N2CCOCC2)o1. The lowest BCUT2D eigenvalue weighted by Gasteiger charge is -2.33. The van der Waals surface area contributed by atoms with Gasteiger partial charge in [0.15, 0.2) is 0 Å². The highest BCUT2D eigenvalue weighted by Gasteiger charge is 2.26. The van der Waals surface area contributed by atoms with Crippen LogP contribution in [-0.2, 0) is 4.74 Å². The van der Waals surface area contributed by atoms with Gasteiger partial charge in [-0.1, -0.05) is 18.2 Å². The summed E-state index contributed by atoms with van der Waals surface area (Å²) in [5.74, 6) is 1.72. The van der Waals surface area contributed by atoms with E-state index >= 15 is 0 Å². The van der Waals surface area contributed by atoms with Crippen LogP contribution in [0.2, 0.25) is 0 Å². The van der Waals surface area contributed by atoms with E-state index in [4.69, 9.17) is 9.15 Å². The molecule has 3 rings (SSSR count). The fourth-order valence-corrected chi connectivity index (χ4v) is 3.04. The number of carbonyl (C=O) groups excluding carboxylic acids is 1. The van der Waals surface area contributed by atoms with Crippen LogP contribution < -0.4 is 5.32 Å². The second kappa shape index (κ2) is 7.64. The second-order valence-corrected chi connectivity index (χ2v) is 6.14. The Hall–Kier alpha value is -2.11. The summed E-state index contributed by atoms with van der Waals surface area (Å²) in [5, 5.41) is 3.06. The molecule has 128 valence electrons. The summed E-state index contributed by atoms with van der Waals surface area (Å²) >= 11 is 0. The molecule has 24 heavy (non-hydrogen) atoms. The van der Waals surface area contributed by atoms with Crippen LogP contribution in [0.1, 0.15) is 33.5 Å². The van der Waals surface area contributed by atoms with Crippen LogP contribution in [0.4, 0.5) is 0 Å². The van der Waals surface area contributed by atoms with Gasteiger partial charge in [0.1, 0.15) is 11.5 Å². The molecule has 1 aliphatic heterocycles. The summed E-state index contributed by atoms with van der Waals surface area (Å²) in [6.45, 7) is 7.50. The first kappa shape index (κ1) is 16.7. The van der Waals surface area contributed by atoms with Gasteiger partial charge in [-0.15, -0.1) is 0 Å². The highest BCUT2D eigenvalue weighted by atomic mass is 16.5. The van der Waals surface area contributed by atoms with Gasteiger partial charge >= 0.3 is 0 Å². The minimum atomic E-state index is -0.0466. The summed E-state index contributed by atoms with van der Waals surface area (Å²) in [4.78, 5) is 14.8. The van der Waals surface area contributed by atoms with Gasteiger partial charge in [-0.3, -0.25) is 9.69 Å². The summed E-state index contributed by atoms with van der Waals surface area (Å²) in [7, 11) is 0. The highest BCUT2D eigenvalue weighted by molar-refractivity contribution is 5.95. The van der Waals surface area contributed by atoms with E-state index < -0.39 is 0 Å². The second-order valence-electron chi connectivity index (χ2n) is 6.14. The Morgan fingerprint density at radius 3 is 2.58 bits per heavy atom. The molecule has 2 heterocycles. The average molecular weight is 328 g/mol. The number of furan rings is 1. The van der Waals surface area contributed by atoms with E-state index in [0.717, 1.165) is 30.2 Å². The predicted octanol–water partition coefficient (Wildman–Crippen LogP) is 2.70. The molecular formula is C19H24N2O3. The van der Waals surface area contributed by atoms with E-state index in [1.165, 1.54) is 0 Å². The molecule has 1 N–H and O–H groups in total. The number of nitrogens with zero attached hydrogens (tertiary/aromatic N) is 1. The molecule has 0 radical (unpaired) electrons. The first-order chi connectivity index (χ1) is 11.6. The number of amides is 1. The zero-order valence-corrected chi connectivity index (χ0v) is 14.2. The number of aryl methyl sites for hydroxylation is 2. The first-order valence-corrected chi connectivity index (χ1v) is 8.37. The Labute approximate surface area is 142 Å². The van der Waals surface area contributed by atoms with Gasteiger partial charge in [0.25, 0.3) is 5.91 Å². The van der Waals surface area contributed by atoms with Gasteiger partial charge in [-0.05, 0) is 37.6 Å². The molecule has 1 aromatic heterocycles. The Balaban J connectivity index is 1.72. The molecule has 1 atom stereocenters. The van der Waals surface area contributed by atoms with Crippen molar-refractivity contribution >= 4 is 5.91 Å². The smallest absolute Gasteiger partial charge is 0.251 e. The van der Waals surface area contributed by atoms with Crippen LogP contribution in [0.25, 0.3) is 0 Å². The standard InChI is InChI=1S/C19H24N2O3/c1-14-5-3-4-6-16(14)19(22)20-13-17(18-8-7-15(2)24-18)21-9-11-23-12-10-21/h3-8,17H,9-13H2,1-2H3,(H,20,22). The van der Waals surface area contributed by atoms with Crippen molar-refractivity contribution in [2.45, 2.75) is 19.9 Å². The molecule has 0 spiro atoms. The third kappa shape index (κ3) is 3.86. The molecule has 5 heteroatoms. The van der Waals surface area contributed by atoms with Crippen molar-refractivity contribution in [2.75, 3.05) is 32.8 Å². The molecule has 0 saturated carbocycles. The minimum absolute atomic E-state index is 0.0237. The lowest BCUT2D eigenvalue weighted by Crippen LogP contribution is -2.43. The molecule has 1 amide bonds. The van der Waals surface area contributed by atoms with Gasteiger partial charge in [-0.2, -0.15) is 0 Å². The van der Waals surface area contributed by atoms with Crippen molar-refractivity contribution in [2.24, 2.45) is 0 Å². The number of morpholine rings is 1. The summed E-state index contributed by atoms with van der Waals surface area (Å²) in [6, 6.07) is 11.6. The van der Waals surface area contributed by atoms with Crippen molar-refractivity contribution in [3.63, 3.8) is 0 Å². The van der Waals surface area contributed by atoms with E-state index in [0.29, 0.717) is 25.3 Å². The molecule has 1 aromatic carbocycles. The molecular weight excluding hydrogens is 304 g/mol. The zero-order valence-electron chi connectivity index (χ0n) is 14.2. The zero-order chi connectivity index (χ0) is 16.9. The largest absolute Gasteiger partial charge is 0.465 e. The van der Waals surface area contributed by atoms with E-state index in [2.05, 4.69) is 10.2 Å². The average Bonchev–Trinajstić information content (AvgIpc) is 3.02. The third-order valence-electron chi connectivity index (χ3n) is 4.42. The van der Waals surface area contributed by atoms with Crippen molar-refractivity contribution in [1.29, 1.82) is 0 Å². The van der Waals surface area contributed by atoms with Crippen LogP contribution >= 0.6 is 0 Å². The number of nitrogens with one attached hydrogen (secondary N) is 1. The van der Waals surface area contributed by atoms with Crippen LogP contribution in [0.3, 0.4) is 0 Å². The van der Waals surface area contributed by atoms with Crippen molar-refractivity contribution in [3.05, 3.63) is 59.0 Å². The lowest BCUT2D eigenvalue weighted by atomic mass is 10.1. The number of hydrogen-bond acceptors (Lipinski definition) is 4. The normalized spacial score (nSPS) is 16.8. The molecule has 5 nitrogen and oxygen atoms in total. The number of benzene rings is 1. The van der Waals surface area contributed by atoms with Crippen LogP contribution in [0.15, 0.2) is 40.8 Å². The Morgan fingerprint density at radius 1 is 1.17 bits per heavy atom. The van der Waals surface area contributed by atoms with Gasteiger partial charge in [-0.25, -0.2) is 0 Å². The predicted molar refractivity (Wildman–Crippen MR) is 92.1 cm³/mol. The van der Waals surface area contributed by atoms with Gasteiger partial charge in [0.05, 0.1) is 19.3 Å². The number of carbonyl (C=O) groups is 1. The van der Waals surface area contributed by atoms with Gasteiger partial charge in [0, 0.05) is 25.2 Å². The molecule has 1 saturated heterocycles. The molecule has 1 unspecified atom stereocenters. The Kier molecular flexibility index (Phi) is 5.33. The maximum atomic E-state index is 12.5. The van der Waals surface area contributed by atoms with Gasteiger partial charge < -0.3 is 14.5 Å².